The molecule has 3 rings (SSSR count). The van der Waals surface area contributed by atoms with Crippen molar-refractivity contribution in [3.05, 3.63) is 53.6 Å². The molecule has 0 aliphatic rings. The van der Waals surface area contributed by atoms with Crippen molar-refractivity contribution in [2.75, 3.05) is 0 Å². The van der Waals surface area contributed by atoms with Gasteiger partial charge in [0.05, 0.1) is 10.5 Å². The van der Waals surface area contributed by atoms with Crippen LogP contribution < -0.4 is 0 Å². The molecule has 0 unspecified atom stereocenters. The van der Waals surface area contributed by atoms with E-state index in [0.29, 0.717) is 0 Å². The lowest BCUT2D eigenvalue weighted by Crippen LogP contribution is -1.89. The predicted octanol–water partition coefficient (Wildman–Crippen LogP) is 3.89. The number of para-hydroxylation sites is 1. The first-order chi connectivity index (χ1) is 8.27. The third-order valence-corrected chi connectivity index (χ3v) is 3.22. The highest BCUT2D eigenvalue weighted by Crippen LogP contribution is 2.31. The molecule has 3 aromatic rings. The second kappa shape index (κ2) is 3.90. The van der Waals surface area contributed by atoms with E-state index in [4.69, 9.17) is 11.6 Å². The van der Waals surface area contributed by atoms with Crippen molar-refractivity contribution < 1.29 is 0 Å². The molecular formula is C14H11ClN2. The minimum absolute atomic E-state index is 0.733. The summed E-state index contributed by atoms with van der Waals surface area (Å²) in [5.74, 6) is 0. The summed E-state index contributed by atoms with van der Waals surface area (Å²) in [7, 11) is 1.95. The van der Waals surface area contributed by atoms with E-state index in [0.717, 1.165) is 27.2 Å². The van der Waals surface area contributed by atoms with Gasteiger partial charge in [0, 0.05) is 18.0 Å². The van der Waals surface area contributed by atoms with Crippen LogP contribution in [0, 0.1) is 0 Å². The van der Waals surface area contributed by atoms with Crippen molar-refractivity contribution in [2.24, 2.45) is 7.05 Å². The van der Waals surface area contributed by atoms with Crippen LogP contribution in [0.5, 0.6) is 0 Å². The lowest BCUT2D eigenvalue weighted by atomic mass is 10.1. The van der Waals surface area contributed by atoms with E-state index in [1.165, 1.54) is 0 Å². The van der Waals surface area contributed by atoms with Gasteiger partial charge >= 0.3 is 0 Å². The zero-order valence-corrected chi connectivity index (χ0v) is 10.1. The molecule has 84 valence electrons. The maximum Gasteiger partial charge on any atom is 0.102 e. The first kappa shape index (κ1) is 10.4. The lowest BCUT2D eigenvalue weighted by molar-refractivity contribution is 0.800. The monoisotopic (exact) mass is 242 g/mol. The summed E-state index contributed by atoms with van der Waals surface area (Å²) in [6.07, 6.45) is 0. The summed E-state index contributed by atoms with van der Waals surface area (Å²) in [5.41, 5.74) is 3.03. The van der Waals surface area contributed by atoms with Crippen LogP contribution in [0.1, 0.15) is 0 Å². The molecule has 0 radical (unpaired) electrons. The summed E-state index contributed by atoms with van der Waals surface area (Å²) in [4.78, 5) is 0. The number of hydrogen-bond donors (Lipinski definition) is 0. The molecule has 0 amide bonds. The molecule has 0 aliphatic heterocycles. The maximum absolute atomic E-state index is 6.22. The Morgan fingerprint density at radius 3 is 2.53 bits per heavy atom. The van der Waals surface area contributed by atoms with Gasteiger partial charge in [-0.25, -0.2) is 0 Å². The van der Waals surface area contributed by atoms with E-state index >= 15 is 0 Å². The largest absolute Gasteiger partial charge is 0.267 e. The second-order valence-corrected chi connectivity index (χ2v) is 4.38. The fourth-order valence-electron chi connectivity index (χ4n) is 2.07. The zero-order valence-electron chi connectivity index (χ0n) is 9.39. The van der Waals surface area contributed by atoms with E-state index in [1.54, 1.807) is 0 Å². The zero-order chi connectivity index (χ0) is 11.8. The number of aryl methyl sites for hydroxylation is 1. The summed E-state index contributed by atoms with van der Waals surface area (Å²) >= 11 is 6.22. The second-order valence-electron chi connectivity index (χ2n) is 3.97. The molecule has 2 aromatic carbocycles. The van der Waals surface area contributed by atoms with Crippen molar-refractivity contribution in [1.29, 1.82) is 0 Å². The van der Waals surface area contributed by atoms with Crippen LogP contribution >= 0.6 is 11.6 Å². The fourth-order valence-corrected chi connectivity index (χ4v) is 2.29. The highest BCUT2D eigenvalue weighted by atomic mass is 35.5. The Morgan fingerprint density at radius 1 is 1.00 bits per heavy atom. The smallest absolute Gasteiger partial charge is 0.102 e. The Morgan fingerprint density at radius 2 is 1.71 bits per heavy atom. The summed E-state index contributed by atoms with van der Waals surface area (Å²) in [6.45, 7) is 0. The van der Waals surface area contributed by atoms with Crippen LogP contribution in [0.3, 0.4) is 0 Å². The van der Waals surface area contributed by atoms with E-state index in [2.05, 4.69) is 17.2 Å². The van der Waals surface area contributed by atoms with Crippen LogP contribution in [0.2, 0.25) is 5.02 Å². The molecule has 1 heterocycles. The molecule has 1 aromatic heterocycles. The van der Waals surface area contributed by atoms with Crippen molar-refractivity contribution in [1.82, 2.24) is 9.78 Å². The SMILES string of the molecule is Cn1nc(-c2ccccc2Cl)c2ccccc21. The Labute approximate surface area is 104 Å². The first-order valence-electron chi connectivity index (χ1n) is 5.44. The third-order valence-electron chi connectivity index (χ3n) is 2.89. The Bertz CT molecular complexity index is 686. The molecular weight excluding hydrogens is 232 g/mol. The summed E-state index contributed by atoms with van der Waals surface area (Å²) in [5, 5.41) is 6.41. The van der Waals surface area contributed by atoms with Gasteiger partial charge in [-0.3, -0.25) is 4.68 Å². The van der Waals surface area contributed by atoms with Gasteiger partial charge in [-0.15, -0.1) is 0 Å². The molecule has 2 nitrogen and oxygen atoms in total. The normalized spacial score (nSPS) is 10.9. The van der Waals surface area contributed by atoms with Crippen LogP contribution in [0.25, 0.3) is 22.2 Å². The number of nitrogens with zero attached hydrogens (tertiary/aromatic N) is 2. The van der Waals surface area contributed by atoms with Crippen LogP contribution in [-0.4, -0.2) is 9.78 Å². The molecule has 0 spiro atoms. The highest BCUT2D eigenvalue weighted by Gasteiger charge is 2.11. The van der Waals surface area contributed by atoms with Crippen molar-refractivity contribution >= 4 is 22.5 Å². The van der Waals surface area contributed by atoms with Gasteiger partial charge in [0.25, 0.3) is 0 Å². The predicted molar refractivity (Wildman–Crippen MR) is 71.2 cm³/mol. The van der Waals surface area contributed by atoms with Crippen LogP contribution in [0.15, 0.2) is 48.5 Å². The van der Waals surface area contributed by atoms with Gasteiger partial charge in [-0.1, -0.05) is 48.0 Å². The first-order valence-corrected chi connectivity index (χ1v) is 5.82. The van der Waals surface area contributed by atoms with Gasteiger partial charge in [-0.2, -0.15) is 5.10 Å². The number of rotatable bonds is 1. The van der Waals surface area contributed by atoms with E-state index in [1.807, 2.05) is 48.1 Å². The molecule has 17 heavy (non-hydrogen) atoms. The third kappa shape index (κ3) is 1.61. The Hall–Kier alpha value is -1.80. The van der Waals surface area contributed by atoms with Crippen LogP contribution in [0.4, 0.5) is 0 Å². The molecule has 0 fully saturated rings. The molecule has 0 saturated carbocycles. The van der Waals surface area contributed by atoms with Gasteiger partial charge in [-0.05, 0) is 12.1 Å². The van der Waals surface area contributed by atoms with E-state index in [9.17, 15) is 0 Å². The molecule has 0 bridgehead atoms. The number of halogens is 1. The number of hydrogen-bond acceptors (Lipinski definition) is 1. The molecule has 0 atom stereocenters. The minimum atomic E-state index is 0.733. The fraction of sp³-hybridized carbons (Fsp3) is 0.0714. The standard InChI is InChI=1S/C14H11ClN2/c1-17-13-9-5-3-7-11(13)14(16-17)10-6-2-4-8-12(10)15/h2-9H,1H3. The lowest BCUT2D eigenvalue weighted by Gasteiger charge is -2.00. The van der Waals surface area contributed by atoms with E-state index < -0.39 is 0 Å². The molecule has 0 saturated heterocycles. The molecule has 0 N–H and O–H groups in total. The highest BCUT2D eigenvalue weighted by molar-refractivity contribution is 6.33. The van der Waals surface area contributed by atoms with Gasteiger partial charge in [0.15, 0.2) is 0 Å². The molecule has 3 heteroatoms. The van der Waals surface area contributed by atoms with Gasteiger partial charge in [0.2, 0.25) is 0 Å². The average molecular weight is 243 g/mol. The topological polar surface area (TPSA) is 17.8 Å². The minimum Gasteiger partial charge on any atom is -0.267 e. The Balaban J connectivity index is 2.35. The Kier molecular flexibility index (Phi) is 2.37. The quantitative estimate of drug-likeness (QED) is 0.633. The summed E-state index contributed by atoms with van der Waals surface area (Å²) < 4.78 is 1.88. The van der Waals surface area contributed by atoms with Crippen molar-refractivity contribution in [2.45, 2.75) is 0 Å². The number of aromatic nitrogens is 2. The number of benzene rings is 2. The maximum atomic E-state index is 6.22. The molecule has 0 aliphatic carbocycles. The van der Waals surface area contributed by atoms with E-state index in [-0.39, 0.29) is 0 Å². The number of fused-ring (bicyclic) bond motifs is 1. The van der Waals surface area contributed by atoms with Gasteiger partial charge in [0.1, 0.15) is 5.69 Å². The average Bonchev–Trinajstić information content (AvgIpc) is 2.68. The van der Waals surface area contributed by atoms with Crippen LogP contribution in [-0.2, 0) is 7.05 Å². The van der Waals surface area contributed by atoms with Crippen molar-refractivity contribution in [3.8, 4) is 11.3 Å². The van der Waals surface area contributed by atoms with Crippen molar-refractivity contribution in [3.63, 3.8) is 0 Å². The van der Waals surface area contributed by atoms with Gasteiger partial charge < -0.3 is 0 Å². The summed E-state index contributed by atoms with van der Waals surface area (Å²) in [6, 6.07) is 16.0.